The van der Waals surface area contributed by atoms with Gasteiger partial charge in [0.25, 0.3) is 5.95 Å². The molecule has 1 aromatic carbocycles. The highest BCUT2D eigenvalue weighted by Gasteiger charge is 2.21. The molecule has 0 radical (unpaired) electrons. The van der Waals surface area contributed by atoms with Gasteiger partial charge in [-0.05, 0) is 49.9 Å². The monoisotopic (exact) mass is 413 g/mol. The number of benzene rings is 1. The standard InChI is InChI=1S/C20H27N7OS/c1-12-11-13(2)27(25-12)18-23-24-19(26(18)21)29-14(3)17(28)22-16-9-7-15(8-10-16)20(4,5)6/h7-11,14H,21H2,1-6H3,(H,22,28). The molecule has 0 spiro atoms. The van der Waals surface area contributed by atoms with E-state index in [9.17, 15) is 4.79 Å². The fourth-order valence-electron chi connectivity index (χ4n) is 2.83. The quantitative estimate of drug-likeness (QED) is 0.492. The Kier molecular flexibility index (Phi) is 5.70. The number of carbonyl (C=O) groups excluding carboxylic acids is 1. The molecule has 0 aliphatic heterocycles. The molecule has 0 bridgehead atoms. The molecule has 0 aliphatic rings. The minimum absolute atomic E-state index is 0.0695. The number of aryl methyl sites for hydroxylation is 2. The number of thioether (sulfide) groups is 1. The van der Waals surface area contributed by atoms with Gasteiger partial charge in [0.2, 0.25) is 11.1 Å². The summed E-state index contributed by atoms with van der Waals surface area (Å²) in [6.45, 7) is 12.1. The van der Waals surface area contributed by atoms with E-state index < -0.39 is 5.25 Å². The Morgan fingerprint density at radius 3 is 2.38 bits per heavy atom. The topological polar surface area (TPSA) is 104 Å². The van der Waals surface area contributed by atoms with Crippen LogP contribution < -0.4 is 11.2 Å². The molecular weight excluding hydrogens is 386 g/mol. The van der Waals surface area contributed by atoms with Crippen molar-refractivity contribution in [2.75, 3.05) is 11.2 Å². The maximum Gasteiger partial charge on any atom is 0.271 e. The summed E-state index contributed by atoms with van der Waals surface area (Å²) in [5.74, 6) is 6.43. The summed E-state index contributed by atoms with van der Waals surface area (Å²) in [6.07, 6.45) is 0. The van der Waals surface area contributed by atoms with Crippen LogP contribution in [0.5, 0.6) is 0 Å². The van der Waals surface area contributed by atoms with Crippen molar-refractivity contribution in [1.82, 2.24) is 24.7 Å². The minimum Gasteiger partial charge on any atom is -0.334 e. The highest BCUT2D eigenvalue weighted by Crippen LogP contribution is 2.25. The Morgan fingerprint density at radius 1 is 1.17 bits per heavy atom. The molecule has 1 amide bonds. The Morgan fingerprint density at radius 2 is 1.83 bits per heavy atom. The predicted molar refractivity (Wildman–Crippen MR) is 116 cm³/mol. The molecule has 154 valence electrons. The van der Waals surface area contributed by atoms with Gasteiger partial charge in [0.05, 0.1) is 10.9 Å². The summed E-state index contributed by atoms with van der Waals surface area (Å²) in [5.41, 5.74) is 3.81. The zero-order valence-electron chi connectivity index (χ0n) is 17.6. The van der Waals surface area contributed by atoms with Gasteiger partial charge in [-0.2, -0.15) is 5.10 Å². The lowest BCUT2D eigenvalue weighted by atomic mass is 9.87. The zero-order chi connectivity index (χ0) is 21.3. The largest absolute Gasteiger partial charge is 0.334 e. The summed E-state index contributed by atoms with van der Waals surface area (Å²) in [4.78, 5) is 12.6. The number of amides is 1. The van der Waals surface area contributed by atoms with Crippen molar-refractivity contribution in [2.45, 2.75) is 57.4 Å². The van der Waals surface area contributed by atoms with Crippen molar-refractivity contribution in [3.8, 4) is 5.95 Å². The van der Waals surface area contributed by atoms with Gasteiger partial charge in [-0.15, -0.1) is 10.2 Å². The van der Waals surface area contributed by atoms with Gasteiger partial charge >= 0.3 is 0 Å². The van der Waals surface area contributed by atoms with Crippen molar-refractivity contribution in [1.29, 1.82) is 0 Å². The van der Waals surface area contributed by atoms with E-state index in [0.717, 1.165) is 17.1 Å². The second-order valence-corrected chi connectivity index (χ2v) is 9.38. The molecule has 29 heavy (non-hydrogen) atoms. The number of nitrogen functional groups attached to an aromatic ring is 1. The van der Waals surface area contributed by atoms with Crippen molar-refractivity contribution in [2.24, 2.45) is 0 Å². The third kappa shape index (κ3) is 4.61. The van der Waals surface area contributed by atoms with Gasteiger partial charge in [0.1, 0.15) is 0 Å². The molecule has 2 aromatic heterocycles. The van der Waals surface area contributed by atoms with E-state index in [4.69, 9.17) is 5.84 Å². The number of carbonyl (C=O) groups is 1. The van der Waals surface area contributed by atoms with E-state index in [-0.39, 0.29) is 11.3 Å². The van der Waals surface area contributed by atoms with Crippen LogP contribution in [0.1, 0.15) is 44.6 Å². The predicted octanol–water partition coefficient (Wildman–Crippen LogP) is 3.21. The van der Waals surface area contributed by atoms with Crippen LogP contribution in [-0.2, 0) is 10.2 Å². The molecule has 9 heteroatoms. The van der Waals surface area contributed by atoms with Gasteiger partial charge in [0, 0.05) is 11.4 Å². The first-order valence-electron chi connectivity index (χ1n) is 9.38. The first-order valence-corrected chi connectivity index (χ1v) is 10.3. The summed E-state index contributed by atoms with van der Waals surface area (Å²) < 4.78 is 2.99. The lowest BCUT2D eigenvalue weighted by Gasteiger charge is -2.19. The molecule has 1 atom stereocenters. The first kappa shape index (κ1) is 20.9. The van der Waals surface area contributed by atoms with Crippen LogP contribution in [0.2, 0.25) is 0 Å². The maximum atomic E-state index is 12.6. The molecular formula is C20H27N7OS. The van der Waals surface area contributed by atoms with E-state index in [0.29, 0.717) is 11.1 Å². The normalized spacial score (nSPS) is 12.8. The van der Waals surface area contributed by atoms with Gasteiger partial charge in [-0.3, -0.25) is 4.79 Å². The van der Waals surface area contributed by atoms with Crippen LogP contribution in [0.15, 0.2) is 35.5 Å². The first-order chi connectivity index (χ1) is 13.6. The Hall–Kier alpha value is -2.81. The summed E-state index contributed by atoms with van der Waals surface area (Å²) in [6, 6.07) is 9.84. The van der Waals surface area contributed by atoms with Crippen molar-refractivity contribution in [3.05, 3.63) is 47.3 Å². The number of nitrogens with two attached hydrogens (primary N) is 1. The SMILES string of the molecule is Cc1cc(C)n(-c2nnc(SC(C)C(=O)Nc3ccc(C(C)(C)C)cc3)n2N)n1. The molecule has 3 rings (SSSR count). The average molecular weight is 414 g/mol. The number of anilines is 1. The molecule has 3 aromatic rings. The summed E-state index contributed by atoms with van der Waals surface area (Å²) >= 11 is 1.24. The lowest BCUT2D eigenvalue weighted by molar-refractivity contribution is -0.115. The Labute approximate surface area is 174 Å². The highest BCUT2D eigenvalue weighted by atomic mass is 32.2. The molecule has 1 unspecified atom stereocenters. The van der Waals surface area contributed by atoms with E-state index >= 15 is 0 Å². The second-order valence-electron chi connectivity index (χ2n) is 8.07. The summed E-state index contributed by atoms with van der Waals surface area (Å²) in [7, 11) is 0. The molecule has 0 saturated carbocycles. The van der Waals surface area contributed by atoms with Gasteiger partial charge < -0.3 is 11.2 Å². The van der Waals surface area contributed by atoms with Crippen LogP contribution in [0, 0.1) is 13.8 Å². The lowest BCUT2D eigenvalue weighted by Crippen LogP contribution is -2.24. The third-order valence-corrected chi connectivity index (χ3v) is 5.57. The Balaban J connectivity index is 1.68. The smallest absolute Gasteiger partial charge is 0.271 e. The molecule has 2 heterocycles. The molecule has 0 fully saturated rings. The zero-order valence-corrected chi connectivity index (χ0v) is 18.4. The fraction of sp³-hybridized carbons (Fsp3) is 0.400. The maximum absolute atomic E-state index is 12.6. The fourth-order valence-corrected chi connectivity index (χ4v) is 3.60. The highest BCUT2D eigenvalue weighted by molar-refractivity contribution is 8.00. The Bertz CT molecular complexity index is 1010. The number of nitrogens with zero attached hydrogens (tertiary/aromatic N) is 5. The molecule has 3 N–H and O–H groups in total. The van der Waals surface area contributed by atoms with Crippen molar-refractivity contribution in [3.63, 3.8) is 0 Å². The summed E-state index contributed by atoms with van der Waals surface area (Å²) in [5, 5.41) is 15.6. The van der Waals surface area contributed by atoms with E-state index in [2.05, 4.69) is 41.4 Å². The van der Waals surface area contributed by atoms with Crippen LogP contribution in [-0.4, -0.2) is 35.8 Å². The number of hydrogen-bond donors (Lipinski definition) is 2. The van der Waals surface area contributed by atoms with Gasteiger partial charge in [-0.25, -0.2) is 9.36 Å². The van der Waals surface area contributed by atoms with E-state index in [1.807, 2.05) is 44.2 Å². The van der Waals surface area contributed by atoms with Gasteiger partial charge in [-0.1, -0.05) is 44.7 Å². The van der Waals surface area contributed by atoms with E-state index in [1.54, 1.807) is 11.6 Å². The number of rotatable bonds is 5. The van der Waals surface area contributed by atoms with E-state index in [1.165, 1.54) is 22.0 Å². The molecule has 8 nitrogen and oxygen atoms in total. The number of hydrogen-bond acceptors (Lipinski definition) is 6. The molecule has 0 aliphatic carbocycles. The third-order valence-electron chi connectivity index (χ3n) is 4.52. The van der Waals surface area contributed by atoms with Crippen LogP contribution in [0.3, 0.4) is 0 Å². The van der Waals surface area contributed by atoms with Gasteiger partial charge in [0.15, 0.2) is 0 Å². The molecule has 0 saturated heterocycles. The average Bonchev–Trinajstić information content (AvgIpc) is 3.16. The van der Waals surface area contributed by atoms with Crippen LogP contribution in [0.4, 0.5) is 5.69 Å². The minimum atomic E-state index is -0.405. The number of nitrogens with one attached hydrogen (secondary N) is 1. The number of aromatic nitrogens is 5. The van der Waals surface area contributed by atoms with Crippen molar-refractivity contribution >= 4 is 23.4 Å². The van der Waals surface area contributed by atoms with Crippen LogP contribution >= 0.6 is 11.8 Å². The second kappa shape index (κ2) is 7.90. The van der Waals surface area contributed by atoms with Crippen molar-refractivity contribution < 1.29 is 4.79 Å². The van der Waals surface area contributed by atoms with Crippen LogP contribution in [0.25, 0.3) is 5.95 Å².